The van der Waals surface area contributed by atoms with Crippen molar-refractivity contribution in [1.29, 1.82) is 0 Å². The average Bonchev–Trinajstić information content (AvgIpc) is 2.83. The van der Waals surface area contributed by atoms with Crippen LogP contribution in [0.1, 0.15) is 29.0 Å². The van der Waals surface area contributed by atoms with Gasteiger partial charge in [-0.25, -0.2) is 0 Å². The van der Waals surface area contributed by atoms with Gasteiger partial charge >= 0.3 is 0 Å². The van der Waals surface area contributed by atoms with E-state index in [2.05, 4.69) is 30.6 Å². The van der Waals surface area contributed by atoms with Crippen molar-refractivity contribution in [2.75, 3.05) is 6.26 Å². The molecule has 1 aromatic heterocycles. The van der Waals surface area contributed by atoms with E-state index in [1.165, 1.54) is 16.0 Å². The summed E-state index contributed by atoms with van der Waals surface area (Å²) in [6, 6.07) is 10.5. The van der Waals surface area contributed by atoms with Crippen LogP contribution in [0.5, 0.6) is 0 Å². The number of rotatable bonds is 5. The van der Waals surface area contributed by atoms with E-state index in [0.29, 0.717) is 6.04 Å². The van der Waals surface area contributed by atoms with E-state index in [1.54, 1.807) is 17.6 Å². The smallest absolute Gasteiger partial charge is 0.0498 e. The first-order chi connectivity index (χ1) is 9.08. The lowest BCUT2D eigenvalue weighted by Crippen LogP contribution is -2.17. The third-order valence-corrected chi connectivity index (χ3v) is 5.30. The molecule has 4 heteroatoms. The molecule has 19 heavy (non-hydrogen) atoms. The first-order valence-corrected chi connectivity index (χ1v) is 8.71. The normalized spacial score (nSPS) is 14.3. The van der Waals surface area contributed by atoms with Crippen LogP contribution in [0.15, 0.2) is 40.6 Å². The second-order valence-corrected chi connectivity index (χ2v) is 7.00. The van der Waals surface area contributed by atoms with Crippen molar-refractivity contribution in [3.8, 4) is 0 Å². The molecule has 0 aliphatic heterocycles. The maximum Gasteiger partial charge on any atom is 0.0498 e. The molecule has 0 bridgehead atoms. The Kier molecular flexibility index (Phi) is 4.91. The SMILES string of the molecule is Cc1ccsc1[C@@H](C)NCc1ccc([S@](C)=O)cc1. The van der Waals surface area contributed by atoms with Gasteiger partial charge in [-0.05, 0) is 48.6 Å². The van der Waals surface area contributed by atoms with E-state index in [-0.39, 0.29) is 0 Å². The maximum absolute atomic E-state index is 11.3. The summed E-state index contributed by atoms with van der Waals surface area (Å²) >= 11 is 1.80. The van der Waals surface area contributed by atoms with Crippen LogP contribution in [0.25, 0.3) is 0 Å². The van der Waals surface area contributed by atoms with Crippen molar-refractivity contribution >= 4 is 22.1 Å². The van der Waals surface area contributed by atoms with Gasteiger partial charge in [0.25, 0.3) is 0 Å². The van der Waals surface area contributed by atoms with Crippen LogP contribution in [0.2, 0.25) is 0 Å². The molecular formula is C15H19NOS2. The van der Waals surface area contributed by atoms with Gasteiger partial charge in [0.05, 0.1) is 0 Å². The zero-order chi connectivity index (χ0) is 13.8. The summed E-state index contributed by atoms with van der Waals surface area (Å²) in [6.45, 7) is 5.17. The summed E-state index contributed by atoms with van der Waals surface area (Å²) in [5.74, 6) is 0. The molecule has 0 radical (unpaired) electrons. The minimum Gasteiger partial charge on any atom is -0.305 e. The van der Waals surface area contributed by atoms with Crippen LogP contribution in [0, 0.1) is 6.92 Å². The predicted octanol–water partition coefficient (Wildman–Crippen LogP) is 3.64. The number of nitrogens with one attached hydrogen (secondary N) is 1. The molecule has 0 saturated heterocycles. The van der Waals surface area contributed by atoms with Crippen molar-refractivity contribution in [3.63, 3.8) is 0 Å². The lowest BCUT2D eigenvalue weighted by Gasteiger charge is -2.13. The van der Waals surface area contributed by atoms with Crippen molar-refractivity contribution < 1.29 is 4.21 Å². The summed E-state index contributed by atoms with van der Waals surface area (Å²) in [5, 5.41) is 5.66. The molecule has 0 aliphatic carbocycles. The largest absolute Gasteiger partial charge is 0.305 e. The minimum absolute atomic E-state index is 0.361. The highest BCUT2D eigenvalue weighted by Gasteiger charge is 2.09. The van der Waals surface area contributed by atoms with E-state index in [0.717, 1.165) is 11.4 Å². The fourth-order valence-corrected chi connectivity index (χ4v) is 3.47. The van der Waals surface area contributed by atoms with Crippen molar-refractivity contribution in [2.24, 2.45) is 0 Å². The number of hydrogen-bond acceptors (Lipinski definition) is 3. The fraction of sp³-hybridized carbons (Fsp3) is 0.333. The van der Waals surface area contributed by atoms with Crippen LogP contribution in [0.4, 0.5) is 0 Å². The molecule has 1 N–H and O–H groups in total. The van der Waals surface area contributed by atoms with E-state index in [1.807, 2.05) is 24.3 Å². The lowest BCUT2D eigenvalue weighted by molar-refractivity contribution is 0.580. The van der Waals surface area contributed by atoms with Gasteiger partial charge in [-0.3, -0.25) is 4.21 Å². The van der Waals surface area contributed by atoms with Gasteiger partial charge in [0, 0.05) is 39.4 Å². The summed E-state index contributed by atoms with van der Waals surface area (Å²) in [5.41, 5.74) is 2.57. The van der Waals surface area contributed by atoms with Gasteiger partial charge in [0.1, 0.15) is 0 Å². The second kappa shape index (κ2) is 6.46. The molecule has 2 nitrogen and oxygen atoms in total. The van der Waals surface area contributed by atoms with Crippen LogP contribution < -0.4 is 5.32 Å². The van der Waals surface area contributed by atoms with Crippen molar-refractivity contribution in [2.45, 2.75) is 31.3 Å². The first-order valence-electron chi connectivity index (χ1n) is 6.27. The van der Waals surface area contributed by atoms with Crippen LogP contribution in [0.3, 0.4) is 0 Å². The molecule has 0 amide bonds. The standard InChI is InChI=1S/C15H19NOS2/c1-11-8-9-18-15(11)12(2)16-10-13-4-6-14(7-5-13)19(3)17/h4-9,12,16H,10H2,1-3H3/t12-,19+/m1/s1. The first kappa shape index (κ1) is 14.4. The van der Waals surface area contributed by atoms with Crippen LogP contribution in [-0.4, -0.2) is 10.5 Å². The van der Waals surface area contributed by atoms with Crippen LogP contribution >= 0.6 is 11.3 Å². The lowest BCUT2D eigenvalue weighted by atomic mass is 10.1. The molecule has 0 spiro atoms. The monoisotopic (exact) mass is 293 g/mol. The summed E-state index contributed by atoms with van der Waals surface area (Å²) < 4.78 is 11.3. The Bertz CT molecular complexity index is 560. The molecule has 0 aliphatic rings. The Morgan fingerprint density at radius 1 is 1.26 bits per heavy atom. The van der Waals surface area contributed by atoms with E-state index in [9.17, 15) is 4.21 Å². The zero-order valence-corrected chi connectivity index (χ0v) is 13.1. The Balaban J connectivity index is 1.95. The quantitative estimate of drug-likeness (QED) is 0.912. The highest BCUT2D eigenvalue weighted by Crippen LogP contribution is 2.23. The Morgan fingerprint density at radius 2 is 1.95 bits per heavy atom. The average molecular weight is 293 g/mol. The molecule has 2 rings (SSSR count). The number of hydrogen-bond donors (Lipinski definition) is 1. The van der Waals surface area contributed by atoms with Gasteiger partial charge in [-0.2, -0.15) is 0 Å². The molecular weight excluding hydrogens is 274 g/mol. The molecule has 1 aromatic carbocycles. The Labute approximate surface area is 121 Å². The second-order valence-electron chi connectivity index (χ2n) is 4.67. The Hall–Kier alpha value is -0.970. The topological polar surface area (TPSA) is 29.1 Å². The van der Waals surface area contributed by atoms with E-state index >= 15 is 0 Å². The molecule has 0 unspecified atom stereocenters. The fourth-order valence-electron chi connectivity index (χ4n) is 1.99. The van der Waals surface area contributed by atoms with Gasteiger partial charge in [0.2, 0.25) is 0 Å². The molecule has 1 heterocycles. The molecule has 0 saturated carbocycles. The zero-order valence-electron chi connectivity index (χ0n) is 11.5. The highest BCUT2D eigenvalue weighted by molar-refractivity contribution is 7.84. The van der Waals surface area contributed by atoms with Gasteiger partial charge in [0.15, 0.2) is 0 Å². The van der Waals surface area contributed by atoms with E-state index < -0.39 is 10.8 Å². The number of thiophene rings is 1. The summed E-state index contributed by atoms with van der Waals surface area (Å²) in [7, 11) is -0.896. The van der Waals surface area contributed by atoms with Gasteiger partial charge in [-0.15, -0.1) is 11.3 Å². The minimum atomic E-state index is -0.896. The maximum atomic E-state index is 11.3. The molecule has 0 fully saturated rings. The third kappa shape index (κ3) is 3.75. The van der Waals surface area contributed by atoms with Gasteiger partial charge < -0.3 is 5.32 Å². The summed E-state index contributed by atoms with van der Waals surface area (Å²) in [4.78, 5) is 2.28. The highest BCUT2D eigenvalue weighted by atomic mass is 32.2. The summed E-state index contributed by atoms with van der Waals surface area (Å²) in [6.07, 6.45) is 1.70. The van der Waals surface area contributed by atoms with Crippen molar-refractivity contribution in [3.05, 3.63) is 51.7 Å². The number of benzene rings is 1. The molecule has 2 atom stereocenters. The number of aryl methyl sites for hydroxylation is 1. The molecule has 2 aromatic rings. The third-order valence-electron chi connectivity index (χ3n) is 3.16. The predicted molar refractivity (Wildman–Crippen MR) is 83.1 cm³/mol. The van der Waals surface area contributed by atoms with Crippen LogP contribution in [-0.2, 0) is 17.3 Å². The van der Waals surface area contributed by atoms with Crippen molar-refractivity contribution in [1.82, 2.24) is 5.32 Å². The molecule has 102 valence electrons. The Morgan fingerprint density at radius 3 is 2.47 bits per heavy atom. The van der Waals surface area contributed by atoms with Gasteiger partial charge in [-0.1, -0.05) is 12.1 Å². The van der Waals surface area contributed by atoms with E-state index in [4.69, 9.17) is 0 Å².